The van der Waals surface area contributed by atoms with Gasteiger partial charge in [-0.1, -0.05) is 0 Å². The number of amides is 1. The molecule has 1 aliphatic heterocycles. The van der Waals surface area contributed by atoms with Crippen molar-refractivity contribution in [2.75, 3.05) is 43.4 Å². The van der Waals surface area contributed by atoms with Crippen LogP contribution in [-0.4, -0.2) is 54.0 Å². The molecule has 1 saturated heterocycles. The first-order valence-corrected chi connectivity index (χ1v) is 10.1. The maximum atomic E-state index is 13.9. The molecule has 1 amide bonds. The van der Waals surface area contributed by atoms with E-state index in [2.05, 4.69) is 32.1 Å². The number of anilines is 2. The van der Waals surface area contributed by atoms with E-state index in [0.29, 0.717) is 10.7 Å². The zero-order chi connectivity index (χ0) is 20.7. The first kappa shape index (κ1) is 19.7. The van der Waals surface area contributed by atoms with Crippen molar-refractivity contribution in [2.45, 2.75) is 13.8 Å². The highest BCUT2D eigenvalue weighted by atomic mass is 32.1. The summed E-state index contributed by atoms with van der Waals surface area (Å²) in [5.41, 5.74) is 0.703. The van der Waals surface area contributed by atoms with Crippen LogP contribution in [0.3, 0.4) is 0 Å². The predicted octanol–water partition coefficient (Wildman–Crippen LogP) is 3.59. The van der Waals surface area contributed by atoms with E-state index in [0.717, 1.165) is 59.9 Å². The Morgan fingerprint density at radius 1 is 1.14 bits per heavy atom. The number of nitrogens with one attached hydrogen (secondary N) is 1. The lowest BCUT2D eigenvalue weighted by atomic mass is 10.1. The van der Waals surface area contributed by atoms with Crippen molar-refractivity contribution in [3.8, 4) is 0 Å². The number of aromatic nitrogens is 2. The van der Waals surface area contributed by atoms with Gasteiger partial charge in [0.1, 0.15) is 28.1 Å². The normalized spacial score (nSPS) is 15.1. The molecular weight excluding hydrogens is 396 g/mol. The van der Waals surface area contributed by atoms with Crippen molar-refractivity contribution in [2.24, 2.45) is 0 Å². The van der Waals surface area contributed by atoms with Crippen LogP contribution in [0.2, 0.25) is 0 Å². The van der Waals surface area contributed by atoms with Gasteiger partial charge in [-0.05, 0) is 38.6 Å². The van der Waals surface area contributed by atoms with E-state index < -0.39 is 17.5 Å². The molecule has 6 nitrogen and oxygen atoms in total. The average Bonchev–Trinajstić information content (AvgIpc) is 3.00. The maximum absolute atomic E-state index is 13.9. The van der Waals surface area contributed by atoms with Gasteiger partial charge < -0.3 is 15.1 Å². The first-order chi connectivity index (χ1) is 13.8. The number of rotatable bonds is 3. The topological polar surface area (TPSA) is 61.4 Å². The molecule has 3 heterocycles. The molecule has 9 heteroatoms. The molecule has 0 atom stereocenters. The van der Waals surface area contributed by atoms with E-state index in [1.54, 1.807) is 0 Å². The van der Waals surface area contributed by atoms with E-state index in [4.69, 9.17) is 0 Å². The van der Waals surface area contributed by atoms with Gasteiger partial charge in [0.25, 0.3) is 5.91 Å². The minimum Gasteiger partial charge on any atom is -0.353 e. The Bertz CT molecular complexity index is 1090. The SMILES string of the molecule is Cc1nc(N2CCN(C)CC2)c2c(C)c(C(=O)Nc3ccc(F)cc3F)sc2n1. The summed E-state index contributed by atoms with van der Waals surface area (Å²) in [6.45, 7) is 7.25. The van der Waals surface area contributed by atoms with Gasteiger partial charge in [0.05, 0.1) is 16.0 Å². The van der Waals surface area contributed by atoms with Crippen molar-refractivity contribution < 1.29 is 13.6 Å². The van der Waals surface area contributed by atoms with Crippen LogP contribution in [0.1, 0.15) is 21.1 Å². The fraction of sp³-hybridized carbons (Fsp3) is 0.350. The molecule has 1 aromatic carbocycles. The van der Waals surface area contributed by atoms with Crippen LogP contribution in [0.15, 0.2) is 18.2 Å². The second kappa shape index (κ2) is 7.64. The summed E-state index contributed by atoms with van der Waals surface area (Å²) in [6.07, 6.45) is 0. The molecule has 0 aliphatic carbocycles. The van der Waals surface area contributed by atoms with Crippen LogP contribution in [0.4, 0.5) is 20.3 Å². The number of hydrogen-bond acceptors (Lipinski definition) is 6. The highest BCUT2D eigenvalue weighted by Gasteiger charge is 2.25. The lowest BCUT2D eigenvalue weighted by Crippen LogP contribution is -2.45. The number of halogens is 2. The molecule has 0 spiro atoms. The summed E-state index contributed by atoms with van der Waals surface area (Å²) in [4.78, 5) is 27.7. The van der Waals surface area contributed by atoms with Crippen LogP contribution < -0.4 is 10.2 Å². The molecule has 1 N–H and O–H groups in total. The van der Waals surface area contributed by atoms with Gasteiger partial charge in [-0.25, -0.2) is 18.7 Å². The third-order valence-corrected chi connectivity index (χ3v) is 6.26. The molecule has 3 aromatic rings. The number of likely N-dealkylation sites (N-methyl/N-ethyl adjacent to an activating group) is 1. The molecule has 0 bridgehead atoms. The van der Waals surface area contributed by atoms with Crippen molar-refractivity contribution in [1.29, 1.82) is 0 Å². The Morgan fingerprint density at radius 2 is 1.86 bits per heavy atom. The van der Waals surface area contributed by atoms with E-state index in [-0.39, 0.29) is 5.69 Å². The molecule has 2 aromatic heterocycles. The minimum atomic E-state index is -0.814. The Balaban J connectivity index is 1.71. The smallest absolute Gasteiger partial charge is 0.266 e. The third-order valence-electron chi connectivity index (χ3n) is 5.07. The zero-order valence-corrected chi connectivity index (χ0v) is 17.2. The third kappa shape index (κ3) is 3.79. The van der Waals surface area contributed by atoms with Crippen molar-refractivity contribution in [1.82, 2.24) is 14.9 Å². The Labute approximate surface area is 171 Å². The molecule has 152 valence electrons. The van der Waals surface area contributed by atoms with Crippen LogP contribution in [0, 0.1) is 25.5 Å². The summed E-state index contributed by atoms with van der Waals surface area (Å²) < 4.78 is 27.1. The summed E-state index contributed by atoms with van der Waals surface area (Å²) in [5, 5.41) is 3.39. The minimum absolute atomic E-state index is 0.0604. The zero-order valence-electron chi connectivity index (χ0n) is 16.4. The molecule has 1 fully saturated rings. The van der Waals surface area contributed by atoms with Gasteiger partial charge in [0, 0.05) is 32.2 Å². The van der Waals surface area contributed by atoms with Gasteiger partial charge in [0.2, 0.25) is 0 Å². The summed E-state index contributed by atoms with van der Waals surface area (Å²) in [6, 6.07) is 3.06. The van der Waals surface area contributed by atoms with Crippen molar-refractivity contribution in [3.63, 3.8) is 0 Å². The average molecular weight is 417 g/mol. The number of thiophene rings is 1. The quantitative estimate of drug-likeness (QED) is 0.706. The Kier molecular flexibility index (Phi) is 5.18. The first-order valence-electron chi connectivity index (χ1n) is 9.31. The van der Waals surface area contributed by atoms with E-state index in [9.17, 15) is 13.6 Å². The van der Waals surface area contributed by atoms with Crippen molar-refractivity contribution >= 4 is 39.0 Å². The summed E-state index contributed by atoms with van der Waals surface area (Å²) in [7, 11) is 2.09. The van der Waals surface area contributed by atoms with Gasteiger partial charge in [0.15, 0.2) is 0 Å². The standard InChI is InChI=1S/C20H21F2N5OS/c1-11-16-18(27-8-6-26(3)7-9-27)23-12(2)24-20(16)29-17(11)19(28)25-15-5-4-13(21)10-14(15)22/h4-5,10H,6-9H2,1-3H3,(H,25,28). The summed E-state index contributed by atoms with van der Waals surface area (Å²) >= 11 is 1.26. The highest BCUT2D eigenvalue weighted by molar-refractivity contribution is 7.20. The lowest BCUT2D eigenvalue weighted by Gasteiger charge is -2.33. The molecule has 0 unspecified atom stereocenters. The highest BCUT2D eigenvalue weighted by Crippen LogP contribution is 2.36. The molecular formula is C20H21F2N5OS. The fourth-order valence-corrected chi connectivity index (χ4v) is 4.57. The molecule has 4 rings (SSSR count). The Hall–Kier alpha value is -2.65. The van der Waals surface area contributed by atoms with Gasteiger partial charge in [-0.3, -0.25) is 4.79 Å². The fourth-order valence-electron chi connectivity index (χ4n) is 3.46. The lowest BCUT2D eigenvalue weighted by molar-refractivity contribution is 0.102. The molecule has 1 aliphatic rings. The molecule has 0 radical (unpaired) electrons. The number of aryl methyl sites for hydroxylation is 2. The van der Waals surface area contributed by atoms with Crippen LogP contribution >= 0.6 is 11.3 Å². The predicted molar refractivity (Wildman–Crippen MR) is 111 cm³/mol. The van der Waals surface area contributed by atoms with Crippen LogP contribution in [0.5, 0.6) is 0 Å². The van der Waals surface area contributed by atoms with E-state index in [1.807, 2.05) is 13.8 Å². The Morgan fingerprint density at radius 3 is 2.55 bits per heavy atom. The number of fused-ring (bicyclic) bond motifs is 1. The summed E-state index contributed by atoms with van der Waals surface area (Å²) in [5.74, 6) is -0.476. The number of nitrogens with zero attached hydrogens (tertiary/aromatic N) is 4. The van der Waals surface area contributed by atoms with E-state index in [1.165, 1.54) is 17.4 Å². The number of carbonyl (C=O) groups excluding carboxylic acids is 1. The molecule has 0 saturated carbocycles. The number of carbonyl (C=O) groups is 1. The second-order valence-electron chi connectivity index (χ2n) is 7.20. The number of benzene rings is 1. The van der Waals surface area contributed by atoms with E-state index >= 15 is 0 Å². The van der Waals surface area contributed by atoms with Crippen molar-refractivity contribution in [3.05, 3.63) is 46.1 Å². The maximum Gasteiger partial charge on any atom is 0.266 e. The largest absolute Gasteiger partial charge is 0.353 e. The van der Waals surface area contributed by atoms with Gasteiger partial charge >= 0.3 is 0 Å². The van der Waals surface area contributed by atoms with Gasteiger partial charge in [-0.2, -0.15) is 0 Å². The second-order valence-corrected chi connectivity index (χ2v) is 8.20. The number of hydrogen-bond donors (Lipinski definition) is 1. The van der Waals surface area contributed by atoms with Gasteiger partial charge in [-0.15, -0.1) is 11.3 Å². The monoisotopic (exact) mass is 417 g/mol. The molecule has 29 heavy (non-hydrogen) atoms. The van der Waals surface area contributed by atoms with Crippen LogP contribution in [-0.2, 0) is 0 Å². The number of piperazine rings is 1. The van der Waals surface area contributed by atoms with Crippen LogP contribution in [0.25, 0.3) is 10.2 Å².